The van der Waals surface area contributed by atoms with E-state index in [-0.39, 0.29) is 16.7 Å². The molecule has 0 saturated carbocycles. The molecule has 10 nitrogen and oxygen atoms in total. The van der Waals surface area contributed by atoms with E-state index in [0.29, 0.717) is 16.7 Å². The molecule has 0 aliphatic carbocycles. The van der Waals surface area contributed by atoms with Crippen molar-refractivity contribution in [2.75, 3.05) is 0 Å². The topological polar surface area (TPSA) is 124 Å². The fourth-order valence-electron chi connectivity index (χ4n) is 2.82. The van der Waals surface area contributed by atoms with Gasteiger partial charge in [0.1, 0.15) is 0 Å². The van der Waals surface area contributed by atoms with Crippen molar-refractivity contribution in [3.63, 3.8) is 0 Å². The zero-order chi connectivity index (χ0) is 25.4. The number of benzene rings is 3. The van der Waals surface area contributed by atoms with Crippen molar-refractivity contribution in [3.05, 3.63) is 106 Å². The number of phosphoric acid groups is 1. The Labute approximate surface area is 200 Å². The van der Waals surface area contributed by atoms with Gasteiger partial charge in [0.05, 0.1) is 16.7 Å². The number of rotatable bonds is 9. The Morgan fingerprint density at radius 2 is 0.771 bits per heavy atom. The van der Waals surface area contributed by atoms with Crippen molar-refractivity contribution < 1.29 is 47.6 Å². The van der Waals surface area contributed by atoms with Gasteiger partial charge < -0.3 is 0 Å². The molecular weight excluding hydrogens is 479 g/mol. The summed E-state index contributed by atoms with van der Waals surface area (Å²) in [7, 11) is -5.12. The molecule has 35 heavy (non-hydrogen) atoms. The smallest absolute Gasteiger partial charge is 0.282 e. The Morgan fingerprint density at radius 1 is 0.514 bits per heavy atom. The van der Waals surface area contributed by atoms with Crippen LogP contribution in [-0.2, 0) is 33.3 Å². The SMILES string of the molecule is Cc1ccccc1C(=O)OOP(=O)(OOC(=O)c1ccccc1C)OOC(=O)c1ccccc1C. The Kier molecular flexibility index (Phi) is 8.51. The normalized spacial score (nSPS) is 10.9. The summed E-state index contributed by atoms with van der Waals surface area (Å²) < 4.78 is 26.6. The van der Waals surface area contributed by atoms with Gasteiger partial charge in [-0.05, 0) is 55.7 Å². The molecule has 0 aliphatic rings. The molecular formula is C24H21O10P. The van der Waals surface area contributed by atoms with Gasteiger partial charge in [-0.2, -0.15) is 0 Å². The van der Waals surface area contributed by atoms with Crippen LogP contribution in [-0.4, -0.2) is 17.9 Å². The molecule has 0 amide bonds. The average molecular weight is 500 g/mol. The number of aryl methyl sites for hydroxylation is 3. The largest absolute Gasteiger partial charge is 0.584 e. The summed E-state index contributed by atoms with van der Waals surface area (Å²) >= 11 is 0. The third kappa shape index (κ3) is 6.84. The lowest BCUT2D eigenvalue weighted by atomic mass is 10.1. The van der Waals surface area contributed by atoms with E-state index in [1.807, 2.05) is 0 Å². The molecule has 0 fully saturated rings. The van der Waals surface area contributed by atoms with Crippen LogP contribution < -0.4 is 0 Å². The van der Waals surface area contributed by atoms with Crippen LogP contribution in [0, 0.1) is 20.8 Å². The third-order valence-corrected chi connectivity index (χ3v) is 5.48. The zero-order valence-corrected chi connectivity index (χ0v) is 19.9. The highest BCUT2D eigenvalue weighted by atomic mass is 31.2. The molecule has 3 aromatic rings. The van der Waals surface area contributed by atoms with Gasteiger partial charge in [0, 0.05) is 0 Å². The zero-order valence-electron chi connectivity index (χ0n) is 19.0. The molecule has 0 spiro atoms. The minimum Gasteiger partial charge on any atom is -0.282 e. The van der Waals surface area contributed by atoms with E-state index in [1.165, 1.54) is 18.2 Å². The number of hydrogen-bond donors (Lipinski definition) is 0. The van der Waals surface area contributed by atoms with Crippen molar-refractivity contribution in [2.24, 2.45) is 0 Å². The van der Waals surface area contributed by atoms with Crippen LogP contribution in [0.15, 0.2) is 72.8 Å². The molecule has 0 bridgehead atoms. The van der Waals surface area contributed by atoms with Crippen molar-refractivity contribution in [2.45, 2.75) is 20.8 Å². The molecule has 11 heteroatoms. The van der Waals surface area contributed by atoms with E-state index in [1.54, 1.807) is 75.4 Å². The van der Waals surface area contributed by atoms with Crippen LogP contribution in [0.4, 0.5) is 0 Å². The van der Waals surface area contributed by atoms with Crippen molar-refractivity contribution in [3.8, 4) is 0 Å². The quantitative estimate of drug-likeness (QED) is 0.215. The van der Waals surface area contributed by atoms with Crippen LogP contribution in [0.3, 0.4) is 0 Å². The Morgan fingerprint density at radius 3 is 1.03 bits per heavy atom. The first-order valence-corrected chi connectivity index (χ1v) is 11.6. The molecule has 182 valence electrons. The molecule has 0 N–H and O–H groups in total. The van der Waals surface area contributed by atoms with E-state index in [4.69, 9.17) is 0 Å². The summed E-state index contributed by atoms with van der Waals surface area (Å²) in [4.78, 5) is 50.7. The van der Waals surface area contributed by atoms with Gasteiger partial charge in [-0.3, -0.25) is 14.7 Å². The first-order chi connectivity index (χ1) is 16.7. The minimum absolute atomic E-state index is 0.0906. The first kappa shape index (κ1) is 25.8. The monoisotopic (exact) mass is 500 g/mol. The molecule has 0 radical (unpaired) electrons. The van der Waals surface area contributed by atoms with Crippen molar-refractivity contribution >= 4 is 25.7 Å². The van der Waals surface area contributed by atoms with Crippen molar-refractivity contribution in [1.82, 2.24) is 0 Å². The number of carbonyl (C=O) groups is 3. The van der Waals surface area contributed by atoms with E-state index >= 15 is 0 Å². The van der Waals surface area contributed by atoms with Crippen LogP contribution in [0.5, 0.6) is 0 Å². The first-order valence-electron chi connectivity index (χ1n) is 10.2. The fourth-order valence-corrected chi connectivity index (χ4v) is 3.37. The maximum Gasteiger partial charge on any atom is 0.584 e. The van der Waals surface area contributed by atoms with Gasteiger partial charge >= 0.3 is 25.7 Å². The Bertz CT molecular complexity index is 1130. The molecule has 3 rings (SSSR count). The summed E-state index contributed by atoms with van der Waals surface area (Å²) in [5.41, 5.74) is 1.88. The minimum atomic E-state index is -5.12. The Hall–Kier alpha value is -3.82. The Balaban J connectivity index is 1.73. The molecule has 0 unspecified atom stereocenters. The van der Waals surface area contributed by atoms with Crippen LogP contribution >= 0.6 is 7.82 Å². The third-order valence-electron chi connectivity index (χ3n) is 4.71. The molecule has 0 heterocycles. The van der Waals surface area contributed by atoms with Gasteiger partial charge in [0.25, 0.3) is 0 Å². The van der Waals surface area contributed by atoms with Crippen molar-refractivity contribution in [1.29, 1.82) is 0 Å². The summed E-state index contributed by atoms with van der Waals surface area (Å²) in [6.07, 6.45) is 0. The summed E-state index contributed by atoms with van der Waals surface area (Å²) in [5.74, 6) is -3.15. The predicted octanol–water partition coefficient (Wildman–Crippen LogP) is 5.39. The molecule has 0 aliphatic heterocycles. The highest BCUT2D eigenvalue weighted by Gasteiger charge is 2.38. The second-order valence-corrected chi connectivity index (χ2v) is 8.57. The van der Waals surface area contributed by atoms with E-state index < -0.39 is 25.7 Å². The number of carbonyl (C=O) groups excluding carboxylic acids is 3. The molecule has 0 aromatic heterocycles. The average Bonchev–Trinajstić information content (AvgIpc) is 2.85. The lowest BCUT2D eigenvalue weighted by Gasteiger charge is -2.14. The second-order valence-electron chi connectivity index (χ2n) is 7.23. The lowest BCUT2D eigenvalue weighted by molar-refractivity contribution is -0.270. The molecule has 3 aromatic carbocycles. The van der Waals surface area contributed by atoms with Gasteiger partial charge in [0.2, 0.25) is 0 Å². The maximum absolute atomic E-state index is 13.0. The lowest BCUT2D eigenvalue weighted by Crippen LogP contribution is -2.14. The predicted molar refractivity (Wildman–Crippen MR) is 121 cm³/mol. The van der Waals surface area contributed by atoms with Crippen LogP contribution in [0.2, 0.25) is 0 Å². The highest BCUT2D eigenvalue weighted by molar-refractivity contribution is 7.48. The number of hydrogen-bond acceptors (Lipinski definition) is 10. The van der Waals surface area contributed by atoms with Gasteiger partial charge in [-0.1, -0.05) is 68.6 Å². The van der Waals surface area contributed by atoms with Gasteiger partial charge in [0.15, 0.2) is 0 Å². The van der Waals surface area contributed by atoms with Gasteiger partial charge in [-0.25, -0.2) is 18.9 Å². The summed E-state index contributed by atoms with van der Waals surface area (Å²) in [5, 5.41) is 0. The van der Waals surface area contributed by atoms with Gasteiger partial charge in [-0.15, -0.1) is 0 Å². The molecule has 0 saturated heterocycles. The van der Waals surface area contributed by atoms with Crippen LogP contribution in [0.25, 0.3) is 0 Å². The van der Waals surface area contributed by atoms with E-state index in [0.717, 1.165) is 0 Å². The standard InChI is InChI=1S/C24H21O10P/c1-16-10-4-7-13-19(16)22(25)29-32-35(28,33-30-23(26)20-14-8-5-11-17(20)2)34-31-24(27)21-15-9-6-12-18(21)3/h4-15H,1-3H3. The highest BCUT2D eigenvalue weighted by Crippen LogP contribution is 2.50. The van der Waals surface area contributed by atoms with E-state index in [9.17, 15) is 18.9 Å². The molecule has 0 atom stereocenters. The van der Waals surface area contributed by atoms with Crippen LogP contribution in [0.1, 0.15) is 47.8 Å². The summed E-state index contributed by atoms with van der Waals surface area (Å²) in [6, 6.07) is 19.0. The maximum atomic E-state index is 13.0. The van der Waals surface area contributed by atoms with E-state index in [2.05, 4.69) is 28.7 Å². The fraction of sp³-hybridized carbons (Fsp3) is 0.125. The second kappa shape index (κ2) is 11.5. The summed E-state index contributed by atoms with van der Waals surface area (Å²) in [6.45, 7) is 4.91.